The van der Waals surface area contributed by atoms with Crippen molar-refractivity contribution >= 4 is 17.7 Å². The third kappa shape index (κ3) is 3.65. The van der Waals surface area contributed by atoms with Gasteiger partial charge in [0.25, 0.3) is 0 Å². The summed E-state index contributed by atoms with van der Waals surface area (Å²) in [4.78, 5) is 23.0. The molecule has 0 radical (unpaired) electrons. The average molecular weight is 342 g/mol. The first-order valence-electron chi connectivity index (χ1n) is 9.35. The highest BCUT2D eigenvalue weighted by Crippen LogP contribution is 2.59. The summed E-state index contributed by atoms with van der Waals surface area (Å²) in [7, 11) is 0. The van der Waals surface area contributed by atoms with Gasteiger partial charge in [-0.15, -0.1) is 0 Å². The number of amides is 2. The van der Waals surface area contributed by atoms with E-state index in [1.807, 2.05) is 0 Å². The lowest BCUT2D eigenvalue weighted by Crippen LogP contribution is -2.51. The van der Waals surface area contributed by atoms with Gasteiger partial charge >= 0.3 is 12.0 Å². The van der Waals surface area contributed by atoms with Gasteiger partial charge in [0.1, 0.15) is 0 Å². The number of carboxylic acid groups (broad SMARTS) is 1. The molecule has 0 heterocycles. The van der Waals surface area contributed by atoms with Crippen molar-refractivity contribution < 1.29 is 14.7 Å². The molecule has 1 aromatic carbocycles. The molecule has 3 N–H and O–H groups in total. The van der Waals surface area contributed by atoms with Crippen LogP contribution in [0, 0.1) is 23.2 Å². The topological polar surface area (TPSA) is 78.4 Å². The summed E-state index contributed by atoms with van der Waals surface area (Å²) < 4.78 is 0. The molecule has 4 aliphatic carbocycles. The minimum Gasteiger partial charge on any atom is -0.481 e. The molecule has 5 nitrogen and oxygen atoms in total. The van der Waals surface area contributed by atoms with E-state index in [1.54, 1.807) is 24.3 Å². The van der Waals surface area contributed by atoms with E-state index >= 15 is 0 Å². The first kappa shape index (κ1) is 16.4. The summed E-state index contributed by atoms with van der Waals surface area (Å²) in [6.45, 7) is 0.777. The molecule has 0 aliphatic heterocycles. The number of carboxylic acids is 1. The number of benzene rings is 1. The number of hydrogen-bond acceptors (Lipinski definition) is 2. The summed E-state index contributed by atoms with van der Waals surface area (Å²) in [5.41, 5.74) is 1.75. The van der Waals surface area contributed by atoms with Crippen molar-refractivity contribution in [2.45, 2.75) is 44.9 Å². The fourth-order valence-corrected chi connectivity index (χ4v) is 5.83. The van der Waals surface area contributed by atoms with E-state index in [4.69, 9.17) is 5.11 Å². The largest absolute Gasteiger partial charge is 0.481 e. The summed E-state index contributed by atoms with van der Waals surface area (Å²) in [6, 6.07) is 6.82. The average Bonchev–Trinajstić information content (AvgIpc) is 2.53. The Morgan fingerprint density at radius 2 is 1.56 bits per heavy atom. The highest BCUT2D eigenvalue weighted by atomic mass is 16.4. The molecule has 4 saturated carbocycles. The van der Waals surface area contributed by atoms with Gasteiger partial charge in [-0.05, 0) is 79.4 Å². The molecule has 0 atom stereocenters. The van der Waals surface area contributed by atoms with Gasteiger partial charge in [0.2, 0.25) is 0 Å². The minimum atomic E-state index is -0.853. The van der Waals surface area contributed by atoms with Crippen LogP contribution >= 0.6 is 0 Å². The van der Waals surface area contributed by atoms with Crippen LogP contribution in [0.3, 0.4) is 0 Å². The van der Waals surface area contributed by atoms with Crippen molar-refractivity contribution in [1.82, 2.24) is 5.32 Å². The standard InChI is InChI=1S/C20H26N2O3/c23-18(24)8-13-1-3-17(4-2-13)22-19(25)21-12-20-9-14-5-15(10-20)7-16(6-14)11-20/h1-4,14-16H,5-12H2,(H,23,24)(H2,21,22,25). The van der Waals surface area contributed by atoms with Crippen molar-refractivity contribution in [3.05, 3.63) is 29.8 Å². The predicted octanol–water partition coefficient (Wildman–Crippen LogP) is 3.65. The maximum atomic E-state index is 12.3. The SMILES string of the molecule is O=C(O)Cc1ccc(NC(=O)NCC23CC4CC(CC(C4)C2)C3)cc1. The molecular weight excluding hydrogens is 316 g/mol. The lowest BCUT2D eigenvalue weighted by atomic mass is 9.49. The third-order valence-corrected chi connectivity index (χ3v) is 6.36. The highest BCUT2D eigenvalue weighted by molar-refractivity contribution is 5.89. The smallest absolute Gasteiger partial charge is 0.319 e. The Morgan fingerprint density at radius 1 is 1.00 bits per heavy atom. The van der Waals surface area contributed by atoms with Crippen LogP contribution < -0.4 is 10.6 Å². The van der Waals surface area contributed by atoms with Crippen molar-refractivity contribution in [2.75, 3.05) is 11.9 Å². The summed E-state index contributed by atoms with van der Waals surface area (Å²) in [5, 5.41) is 14.7. The zero-order chi connectivity index (χ0) is 17.4. The normalized spacial score (nSPS) is 32.4. The lowest BCUT2D eigenvalue weighted by molar-refractivity contribution is -0.136. The Labute approximate surface area is 148 Å². The van der Waals surface area contributed by atoms with Gasteiger partial charge in [0.15, 0.2) is 0 Å². The van der Waals surface area contributed by atoms with Gasteiger partial charge in [0, 0.05) is 12.2 Å². The number of urea groups is 1. The van der Waals surface area contributed by atoms with Gasteiger partial charge < -0.3 is 15.7 Å². The van der Waals surface area contributed by atoms with E-state index in [9.17, 15) is 9.59 Å². The second kappa shape index (κ2) is 6.36. The van der Waals surface area contributed by atoms with Crippen molar-refractivity contribution in [3.8, 4) is 0 Å². The fourth-order valence-electron chi connectivity index (χ4n) is 5.83. The molecule has 134 valence electrons. The van der Waals surface area contributed by atoms with Crippen LogP contribution in [0.5, 0.6) is 0 Å². The molecule has 25 heavy (non-hydrogen) atoms. The number of aliphatic carboxylic acids is 1. The van der Waals surface area contributed by atoms with Crippen LogP contribution in [-0.4, -0.2) is 23.7 Å². The molecule has 1 aromatic rings. The number of anilines is 1. The molecule has 0 spiro atoms. The lowest BCUT2D eigenvalue weighted by Gasteiger charge is -2.56. The van der Waals surface area contributed by atoms with Gasteiger partial charge in [-0.1, -0.05) is 12.1 Å². The minimum absolute atomic E-state index is 0.00149. The van der Waals surface area contributed by atoms with Crippen LogP contribution in [0.25, 0.3) is 0 Å². The van der Waals surface area contributed by atoms with Crippen molar-refractivity contribution in [3.63, 3.8) is 0 Å². The number of nitrogens with one attached hydrogen (secondary N) is 2. The van der Waals surface area contributed by atoms with Gasteiger partial charge in [0.05, 0.1) is 6.42 Å². The van der Waals surface area contributed by atoms with Gasteiger partial charge in [-0.3, -0.25) is 4.79 Å². The van der Waals surface area contributed by atoms with Crippen LogP contribution in [0.15, 0.2) is 24.3 Å². The molecule has 4 fully saturated rings. The zero-order valence-electron chi connectivity index (χ0n) is 14.5. The summed E-state index contributed by atoms with van der Waals surface area (Å²) in [5.74, 6) is 1.81. The second-order valence-electron chi connectivity index (χ2n) is 8.49. The quantitative estimate of drug-likeness (QED) is 0.764. The van der Waals surface area contributed by atoms with Gasteiger partial charge in [-0.25, -0.2) is 4.79 Å². The van der Waals surface area contributed by atoms with E-state index in [1.165, 1.54) is 38.5 Å². The number of carbonyl (C=O) groups is 2. The third-order valence-electron chi connectivity index (χ3n) is 6.36. The van der Waals surface area contributed by atoms with E-state index in [0.29, 0.717) is 11.1 Å². The molecule has 4 aliphatic rings. The molecule has 0 saturated heterocycles. The molecule has 4 bridgehead atoms. The Hall–Kier alpha value is -2.04. The Bertz CT molecular complexity index is 633. The highest BCUT2D eigenvalue weighted by Gasteiger charge is 2.50. The second-order valence-corrected chi connectivity index (χ2v) is 8.49. The zero-order valence-corrected chi connectivity index (χ0v) is 14.5. The Morgan fingerprint density at radius 3 is 2.08 bits per heavy atom. The maximum Gasteiger partial charge on any atom is 0.319 e. The molecule has 5 heteroatoms. The maximum absolute atomic E-state index is 12.3. The number of carbonyl (C=O) groups excluding carboxylic acids is 1. The van der Waals surface area contributed by atoms with E-state index in [0.717, 1.165) is 29.9 Å². The number of hydrogen-bond donors (Lipinski definition) is 3. The molecule has 2 amide bonds. The first-order chi connectivity index (χ1) is 12.0. The molecular formula is C20H26N2O3. The van der Waals surface area contributed by atoms with Crippen LogP contribution in [0.1, 0.15) is 44.1 Å². The summed E-state index contributed by atoms with van der Waals surface area (Å²) >= 11 is 0. The molecule has 5 rings (SSSR count). The first-order valence-corrected chi connectivity index (χ1v) is 9.35. The fraction of sp³-hybridized carbons (Fsp3) is 0.600. The molecule has 0 unspecified atom stereocenters. The van der Waals surface area contributed by atoms with E-state index < -0.39 is 5.97 Å². The Kier molecular flexibility index (Phi) is 4.18. The van der Waals surface area contributed by atoms with Crippen LogP contribution in [0.4, 0.5) is 10.5 Å². The van der Waals surface area contributed by atoms with Crippen molar-refractivity contribution in [2.24, 2.45) is 23.2 Å². The predicted molar refractivity (Wildman–Crippen MR) is 95.4 cm³/mol. The van der Waals surface area contributed by atoms with Crippen LogP contribution in [0.2, 0.25) is 0 Å². The van der Waals surface area contributed by atoms with E-state index in [2.05, 4.69) is 10.6 Å². The van der Waals surface area contributed by atoms with Gasteiger partial charge in [-0.2, -0.15) is 0 Å². The number of rotatable bonds is 5. The molecule has 0 aromatic heterocycles. The van der Waals surface area contributed by atoms with Crippen LogP contribution in [-0.2, 0) is 11.2 Å². The van der Waals surface area contributed by atoms with E-state index in [-0.39, 0.29) is 12.5 Å². The monoisotopic (exact) mass is 342 g/mol. The summed E-state index contributed by atoms with van der Waals surface area (Å²) in [6.07, 6.45) is 8.07. The Balaban J connectivity index is 1.30. The van der Waals surface area contributed by atoms with Crippen molar-refractivity contribution in [1.29, 1.82) is 0 Å².